The number of benzene rings is 1. The minimum Gasteiger partial charge on any atom is -0.474 e. The van der Waals surface area contributed by atoms with Crippen LogP contribution in [0.3, 0.4) is 0 Å². The molecule has 25 heavy (non-hydrogen) atoms. The Hall–Kier alpha value is -2.11. The van der Waals surface area contributed by atoms with Crippen molar-refractivity contribution in [1.82, 2.24) is 10.3 Å². The second-order valence-corrected chi connectivity index (χ2v) is 6.66. The summed E-state index contributed by atoms with van der Waals surface area (Å²) in [6, 6.07) is 12.5. The number of carbonyl (C=O) groups excluding carboxylic acids is 1. The lowest BCUT2D eigenvalue weighted by Crippen LogP contribution is -2.41. The predicted octanol–water partition coefficient (Wildman–Crippen LogP) is 3.27. The number of ether oxygens (including phenoxy) is 1. The summed E-state index contributed by atoms with van der Waals surface area (Å²) in [7, 11) is 0. The Bertz CT molecular complexity index is 686. The van der Waals surface area contributed by atoms with E-state index in [0.29, 0.717) is 16.5 Å². The maximum absolute atomic E-state index is 12.2. The molecule has 2 aromatic rings. The fraction of sp³-hybridized carbons (Fsp3) is 0.368. The lowest BCUT2D eigenvalue weighted by atomic mass is 9.92. The van der Waals surface area contributed by atoms with Crippen LogP contribution in [0, 0.1) is 0 Å². The molecule has 1 aromatic heterocycles. The Kier molecular flexibility index (Phi) is 5.89. The first-order valence-corrected chi connectivity index (χ1v) is 8.81. The Balaban J connectivity index is 1.46. The second-order valence-electron chi connectivity index (χ2n) is 6.23. The Labute approximate surface area is 152 Å². The SMILES string of the molecule is O=C(NC1CCC(Oc2ccc(Cl)cn2)CC1)C(O)c1ccccc1. The second kappa shape index (κ2) is 8.32. The van der Waals surface area contributed by atoms with Crippen molar-refractivity contribution in [3.05, 3.63) is 59.2 Å². The van der Waals surface area contributed by atoms with Crippen LogP contribution in [0.4, 0.5) is 0 Å². The molecule has 0 spiro atoms. The molecule has 0 radical (unpaired) electrons. The molecule has 1 atom stereocenters. The van der Waals surface area contributed by atoms with Gasteiger partial charge in [-0.2, -0.15) is 0 Å². The van der Waals surface area contributed by atoms with Crippen molar-refractivity contribution >= 4 is 17.5 Å². The molecular formula is C19H21ClN2O3. The molecule has 1 amide bonds. The smallest absolute Gasteiger partial charge is 0.253 e. The normalized spacial score (nSPS) is 21.4. The molecule has 0 saturated heterocycles. The topological polar surface area (TPSA) is 71.5 Å². The van der Waals surface area contributed by atoms with E-state index in [-0.39, 0.29) is 18.1 Å². The van der Waals surface area contributed by atoms with E-state index in [0.717, 1.165) is 25.7 Å². The van der Waals surface area contributed by atoms with Gasteiger partial charge in [-0.05, 0) is 37.3 Å². The summed E-state index contributed by atoms with van der Waals surface area (Å²) < 4.78 is 5.85. The summed E-state index contributed by atoms with van der Waals surface area (Å²) in [4.78, 5) is 16.3. The molecule has 1 aliphatic rings. The lowest BCUT2D eigenvalue weighted by Gasteiger charge is -2.29. The number of amides is 1. The highest BCUT2D eigenvalue weighted by molar-refractivity contribution is 6.30. The van der Waals surface area contributed by atoms with Crippen LogP contribution in [0.5, 0.6) is 5.88 Å². The summed E-state index contributed by atoms with van der Waals surface area (Å²) in [6.07, 6.45) is 3.80. The highest BCUT2D eigenvalue weighted by Gasteiger charge is 2.26. The van der Waals surface area contributed by atoms with Gasteiger partial charge in [0.05, 0.1) is 5.02 Å². The number of rotatable bonds is 5. The fourth-order valence-corrected chi connectivity index (χ4v) is 3.11. The molecular weight excluding hydrogens is 340 g/mol. The number of carbonyl (C=O) groups is 1. The molecule has 1 aromatic carbocycles. The predicted molar refractivity (Wildman–Crippen MR) is 95.5 cm³/mol. The van der Waals surface area contributed by atoms with Gasteiger partial charge in [0.2, 0.25) is 5.88 Å². The fourth-order valence-electron chi connectivity index (χ4n) is 2.99. The van der Waals surface area contributed by atoms with E-state index in [9.17, 15) is 9.90 Å². The van der Waals surface area contributed by atoms with E-state index < -0.39 is 6.10 Å². The lowest BCUT2D eigenvalue weighted by molar-refractivity contribution is -0.130. The third kappa shape index (κ3) is 4.94. The van der Waals surface area contributed by atoms with Crippen molar-refractivity contribution in [1.29, 1.82) is 0 Å². The van der Waals surface area contributed by atoms with Gasteiger partial charge in [0.25, 0.3) is 5.91 Å². The summed E-state index contributed by atoms with van der Waals surface area (Å²) >= 11 is 5.81. The highest BCUT2D eigenvalue weighted by atomic mass is 35.5. The molecule has 1 heterocycles. The molecule has 1 fully saturated rings. The zero-order valence-electron chi connectivity index (χ0n) is 13.8. The Morgan fingerprint density at radius 2 is 1.88 bits per heavy atom. The number of nitrogens with zero attached hydrogens (tertiary/aromatic N) is 1. The number of pyridine rings is 1. The number of nitrogens with one attached hydrogen (secondary N) is 1. The van der Waals surface area contributed by atoms with Gasteiger partial charge >= 0.3 is 0 Å². The van der Waals surface area contributed by atoms with Crippen molar-refractivity contribution in [2.75, 3.05) is 0 Å². The van der Waals surface area contributed by atoms with Crippen LogP contribution < -0.4 is 10.1 Å². The summed E-state index contributed by atoms with van der Waals surface area (Å²) in [5.41, 5.74) is 0.603. The molecule has 1 unspecified atom stereocenters. The number of hydrogen-bond donors (Lipinski definition) is 2. The van der Waals surface area contributed by atoms with Gasteiger partial charge in [-0.15, -0.1) is 0 Å². The van der Waals surface area contributed by atoms with Crippen molar-refractivity contribution in [2.24, 2.45) is 0 Å². The number of aromatic nitrogens is 1. The van der Waals surface area contributed by atoms with E-state index in [4.69, 9.17) is 16.3 Å². The van der Waals surface area contributed by atoms with E-state index in [1.54, 1.807) is 42.6 Å². The number of hydrogen-bond acceptors (Lipinski definition) is 4. The van der Waals surface area contributed by atoms with E-state index in [1.165, 1.54) is 0 Å². The third-order valence-corrected chi connectivity index (χ3v) is 4.60. The van der Waals surface area contributed by atoms with Crippen molar-refractivity contribution < 1.29 is 14.6 Å². The molecule has 0 bridgehead atoms. The number of aliphatic hydroxyl groups is 1. The molecule has 132 valence electrons. The van der Waals surface area contributed by atoms with Gasteiger partial charge in [0.15, 0.2) is 6.10 Å². The molecule has 2 N–H and O–H groups in total. The first-order valence-electron chi connectivity index (χ1n) is 8.43. The largest absolute Gasteiger partial charge is 0.474 e. The molecule has 5 nitrogen and oxygen atoms in total. The maximum Gasteiger partial charge on any atom is 0.253 e. The van der Waals surface area contributed by atoms with Crippen LogP contribution in [0.15, 0.2) is 48.7 Å². The van der Waals surface area contributed by atoms with Gasteiger partial charge < -0.3 is 15.2 Å². The standard InChI is InChI=1S/C19H21ClN2O3/c20-14-6-11-17(21-12-14)25-16-9-7-15(8-10-16)22-19(24)18(23)13-4-2-1-3-5-13/h1-6,11-12,15-16,18,23H,7-10H2,(H,22,24). The van der Waals surface area contributed by atoms with Gasteiger partial charge in [-0.25, -0.2) is 4.98 Å². The van der Waals surface area contributed by atoms with Gasteiger partial charge in [0, 0.05) is 18.3 Å². The average molecular weight is 361 g/mol. The van der Waals surface area contributed by atoms with Crippen LogP contribution in [-0.4, -0.2) is 28.1 Å². The summed E-state index contributed by atoms with van der Waals surface area (Å²) in [5, 5.41) is 13.6. The van der Waals surface area contributed by atoms with Crippen molar-refractivity contribution in [3.8, 4) is 5.88 Å². The average Bonchev–Trinajstić information content (AvgIpc) is 2.65. The van der Waals surface area contributed by atoms with E-state index >= 15 is 0 Å². The minimum atomic E-state index is -1.13. The van der Waals surface area contributed by atoms with Gasteiger partial charge in [-0.3, -0.25) is 4.79 Å². The van der Waals surface area contributed by atoms with Crippen LogP contribution in [0.1, 0.15) is 37.4 Å². The third-order valence-electron chi connectivity index (χ3n) is 4.37. The Morgan fingerprint density at radius 1 is 1.16 bits per heavy atom. The molecule has 3 rings (SSSR count). The van der Waals surface area contributed by atoms with Crippen LogP contribution in [-0.2, 0) is 4.79 Å². The molecule has 1 saturated carbocycles. The number of aliphatic hydroxyl groups excluding tert-OH is 1. The maximum atomic E-state index is 12.2. The van der Waals surface area contributed by atoms with E-state index in [2.05, 4.69) is 10.3 Å². The zero-order chi connectivity index (χ0) is 17.6. The zero-order valence-corrected chi connectivity index (χ0v) is 14.5. The monoisotopic (exact) mass is 360 g/mol. The van der Waals surface area contributed by atoms with Crippen molar-refractivity contribution in [2.45, 2.75) is 43.9 Å². The molecule has 6 heteroatoms. The van der Waals surface area contributed by atoms with E-state index in [1.807, 2.05) is 6.07 Å². The highest BCUT2D eigenvalue weighted by Crippen LogP contribution is 2.24. The minimum absolute atomic E-state index is 0.0592. The summed E-state index contributed by atoms with van der Waals surface area (Å²) in [5.74, 6) is 0.214. The van der Waals surface area contributed by atoms with Crippen LogP contribution in [0.2, 0.25) is 5.02 Å². The molecule has 0 aliphatic heterocycles. The Morgan fingerprint density at radius 3 is 2.52 bits per heavy atom. The quantitative estimate of drug-likeness (QED) is 0.858. The number of halogens is 1. The van der Waals surface area contributed by atoms with Crippen LogP contribution in [0.25, 0.3) is 0 Å². The van der Waals surface area contributed by atoms with Crippen LogP contribution >= 0.6 is 11.6 Å². The van der Waals surface area contributed by atoms with Gasteiger partial charge in [-0.1, -0.05) is 41.9 Å². The first-order chi connectivity index (χ1) is 12.1. The molecule has 1 aliphatic carbocycles. The first kappa shape index (κ1) is 17.7. The van der Waals surface area contributed by atoms with Crippen molar-refractivity contribution in [3.63, 3.8) is 0 Å². The summed E-state index contributed by atoms with van der Waals surface area (Å²) in [6.45, 7) is 0. The van der Waals surface area contributed by atoms with Gasteiger partial charge in [0.1, 0.15) is 6.10 Å².